The van der Waals surface area contributed by atoms with E-state index in [9.17, 15) is 14.0 Å². The number of carbonyl (C=O) groups is 1. The van der Waals surface area contributed by atoms with E-state index in [1.807, 2.05) is 0 Å². The van der Waals surface area contributed by atoms with Gasteiger partial charge in [-0.3, -0.25) is 9.36 Å². The second kappa shape index (κ2) is 7.59. The fourth-order valence-electron chi connectivity index (χ4n) is 2.89. The monoisotopic (exact) mass is 392 g/mol. The topological polar surface area (TPSA) is 89.0 Å². The third kappa shape index (κ3) is 4.01. The van der Waals surface area contributed by atoms with Crippen molar-refractivity contribution >= 4 is 16.9 Å². The third-order valence-electron chi connectivity index (χ3n) is 4.44. The van der Waals surface area contributed by atoms with Gasteiger partial charge >= 0.3 is 5.69 Å². The summed E-state index contributed by atoms with van der Waals surface area (Å²) in [5.41, 5.74) is 2.32. The molecule has 2 N–H and O–H groups in total. The SMILES string of the molecule is Cn1c(=O)[nH]c2cc(C(=O)NCc3ccc(Oc4cccc(F)c4)nc3)ccc21. The summed E-state index contributed by atoms with van der Waals surface area (Å²) in [7, 11) is 1.66. The highest BCUT2D eigenvalue weighted by Gasteiger charge is 2.10. The second-order valence-corrected chi connectivity index (χ2v) is 6.47. The van der Waals surface area contributed by atoms with Crippen LogP contribution in [0.5, 0.6) is 11.6 Å². The van der Waals surface area contributed by atoms with Crippen LogP contribution in [0.4, 0.5) is 4.39 Å². The van der Waals surface area contributed by atoms with Crippen LogP contribution in [0.3, 0.4) is 0 Å². The molecule has 0 saturated heterocycles. The number of nitrogens with one attached hydrogen (secondary N) is 2. The highest BCUT2D eigenvalue weighted by molar-refractivity contribution is 5.97. The quantitative estimate of drug-likeness (QED) is 0.546. The van der Waals surface area contributed by atoms with E-state index in [-0.39, 0.29) is 24.0 Å². The molecule has 2 aromatic heterocycles. The van der Waals surface area contributed by atoms with E-state index < -0.39 is 0 Å². The Kier molecular flexibility index (Phi) is 4.82. The van der Waals surface area contributed by atoms with Crippen molar-refractivity contribution in [3.05, 3.63) is 88.2 Å². The highest BCUT2D eigenvalue weighted by Crippen LogP contribution is 2.20. The maximum Gasteiger partial charge on any atom is 0.326 e. The van der Waals surface area contributed by atoms with Crippen molar-refractivity contribution < 1.29 is 13.9 Å². The Morgan fingerprint density at radius 3 is 2.83 bits per heavy atom. The first-order valence-electron chi connectivity index (χ1n) is 8.85. The number of halogens is 1. The van der Waals surface area contributed by atoms with Crippen molar-refractivity contribution in [3.63, 3.8) is 0 Å². The minimum atomic E-state index is -0.389. The van der Waals surface area contributed by atoms with Crippen molar-refractivity contribution in [2.24, 2.45) is 7.05 Å². The molecule has 146 valence electrons. The van der Waals surface area contributed by atoms with Crippen molar-refractivity contribution in [2.75, 3.05) is 0 Å². The normalized spacial score (nSPS) is 10.8. The van der Waals surface area contributed by atoms with Crippen LogP contribution in [0, 0.1) is 5.82 Å². The molecular weight excluding hydrogens is 375 g/mol. The van der Waals surface area contributed by atoms with Crippen LogP contribution >= 0.6 is 0 Å². The number of aromatic amines is 1. The molecule has 2 heterocycles. The van der Waals surface area contributed by atoms with Gasteiger partial charge in [-0.05, 0) is 35.9 Å². The molecule has 0 fully saturated rings. The van der Waals surface area contributed by atoms with Gasteiger partial charge in [-0.2, -0.15) is 0 Å². The van der Waals surface area contributed by atoms with E-state index in [0.717, 1.165) is 11.1 Å². The number of fused-ring (bicyclic) bond motifs is 1. The number of aryl methyl sites for hydroxylation is 1. The first-order valence-corrected chi connectivity index (χ1v) is 8.85. The molecule has 8 heteroatoms. The molecule has 4 rings (SSSR count). The summed E-state index contributed by atoms with van der Waals surface area (Å²) in [5, 5.41) is 2.81. The molecule has 1 amide bonds. The van der Waals surface area contributed by atoms with Crippen molar-refractivity contribution in [1.82, 2.24) is 19.9 Å². The van der Waals surface area contributed by atoms with Crippen molar-refractivity contribution in [2.45, 2.75) is 6.54 Å². The number of hydrogen-bond donors (Lipinski definition) is 2. The zero-order valence-electron chi connectivity index (χ0n) is 15.5. The number of nitrogens with zero attached hydrogens (tertiary/aromatic N) is 2. The van der Waals surface area contributed by atoms with Gasteiger partial charge < -0.3 is 15.0 Å². The van der Waals surface area contributed by atoms with Crippen molar-refractivity contribution in [3.8, 4) is 11.6 Å². The van der Waals surface area contributed by atoms with E-state index in [1.165, 1.54) is 16.7 Å². The molecule has 7 nitrogen and oxygen atoms in total. The predicted octanol–water partition coefficient (Wildman–Crippen LogP) is 3.12. The van der Waals surface area contributed by atoms with Crippen LogP contribution in [0.2, 0.25) is 0 Å². The largest absolute Gasteiger partial charge is 0.439 e. The zero-order chi connectivity index (χ0) is 20.4. The maximum atomic E-state index is 13.2. The molecule has 0 aliphatic rings. The summed E-state index contributed by atoms with van der Waals surface area (Å²) in [6.45, 7) is 0.273. The molecule has 0 spiro atoms. The number of amides is 1. The number of hydrogen-bond acceptors (Lipinski definition) is 4. The molecule has 0 radical (unpaired) electrons. The lowest BCUT2D eigenvalue weighted by Gasteiger charge is -2.07. The molecule has 0 unspecified atom stereocenters. The molecule has 0 aliphatic carbocycles. The van der Waals surface area contributed by atoms with Gasteiger partial charge in [0.05, 0.1) is 11.0 Å². The smallest absolute Gasteiger partial charge is 0.326 e. The van der Waals surface area contributed by atoms with Crippen LogP contribution in [0.1, 0.15) is 15.9 Å². The van der Waals surface area contributed by atoms with Crippen LogP contribution in [-0.2, 0) is 13.6 Å². The first-order chi connectivity index (χ1) is 14.0. The molecule has 0 aliphatic heterocycles. The maximum absolute atomic E-state index is 13.2. The lowest BCUT2D eigenvalue weighted by atomic mass is 10.2. The number of aromatic nitrogens is 3. The van der Waals surface area contributed by atoms with E-state index in [0.29, 0.717) is 22.7 Å². The molecule has 2 aromatic carbocycles. The highest BCUT2D eigenvalue weighted by atomic mass is 19.1. The summed E-state index contributed by atoms with van der Waals surface area (Å²) < 4.78 is 20.2. The number of rotatable bonds is 5. The third-order valence-corrected chi connectivity index (χ3v) is 4.44. The van der Waals surface area contributed by atoms with Gasteiger partial charge in [0, 0.05) is 37.5 Å². The molecule has 29 heavy (non-hydrogen) atoms. The Bertz CT molecular complexity index is 1250. The van der Waals surface area contributed by atoms with Crippen LogP contribution in [-0.4, -0.2) is 20.4 Å². The minimum absolute atomic E-state index is 0.232. The fraction of sp³-hybridized carbons (Fsp3) is 0.0952. The Hall–Kier alpha value is -3.94. The van der Waals surface area contributed by atoms with Crippen molar-refractivity contribution in [1.29, 1.82) is 0 Å². The second-order valence-electron chi connectivity index (χ2n) is 6.47. The summed E-state index contributed by atoms with van der Waals surface area (Å²) in [4.78, 5) is 30.9. The lowest BCUT2D eigenvalue weighted by molar-refractivity contribution is 0.0951. The van der Waals surface area contributed by atoms with E-state index >= 15 is 0 Å². The average molecular weight is 392 g/mol. The molecule has 0 saturated carbocycles. The predicted molar refractivity (Wildman–Crippen MR) is 105 cm³/mol. The lowest BCUT2D eigenvalue weighted by Crippen LogP contribution is -2.22. The number of imidazole rings is 1. The van der Waals surface area contributed by atoms with Crippen LogP contribution in [0.15, 0.2) is 65.6 Å². The number of carbonyl (C=O) groups excluding carboxylic acids is 1. The van der Waals surface area contributed by atoms with Gasteiger partial charge in [0.2, 0.25) is 5.88 Å². The van der Waals surface area contributed by atoms with Gasteiger partial charge in [-0.25, -0.2) is 14.2 Å². The number of pyridine rings is 1. The molecule has 0 atom stereocenters. The van der Waals surface area contributed by atoms with E-state index in [1.54, 1.807) is 55.7 Å². The Labute approximate surface area is 164 Å². The Balaban J connectivity index is 1.39. The Morgan fingerprint density at radius 2 is 2.07 bits per heavy atom. The van der Waals surface area contributed by atoms with Gasteiger partial charge in [0.25, 0.3) is 5.91 Å². The number of ether oxygens (including phenoxy) is 1. The average Bonchev–Trinajstić information content (AvgIpc) is 3.00. The van der Waals surface area contributed by atoms with Crippen LogP contribution in [0.25, 0.3) is 11.0 Å². The van der Waals surface area contributed by atoms with Gasteiger partial charge in [0.1, 0.15) is 11.6 Å². The minimum Gasteiger partial charge on any atom is -0.439 e. The fourth-order valence-corrected chi connectivity index (χ4v) is 2.89. The molecule has 0 bridgehead atoms. The zero-order valence-corrected chi connectivity index (χ0v) is 15.5. The summed E-state index contributed by atoms with van der Waals surface area (Å²) in [5.74, 6) is 0.0216. The number of benzene rings is 2. The van der Waals surface area contributed by atoms with Gasteiger partial charge in [0.15, 0.2) is 0 Å². The van der Waals surface area contributed by atoms with Crippen LogP contribution < -0.4 is 15.7 Å². The number of H-pyrrole nitrogens is 1. The Morgan fingerprint density at radius 1 is 1.21 bits per heavy atom. The summed E-state index contributed by atoms with van der Waals surface area (Å²) >= 11 is 0. The van der Waals surface area contributed by atoms with E-state index in [4.69, 9.17) is 4.74 Å². The molecule has 4 aromatic rings. The van der Waals surface area contributed by atoms with E-state index in [2.05, 4.69) is 15.3 Å². The first kappa shape index (κ1) is 18.4. The van der Waals surface area contributed by atoms with Gasteiger partial charge in [-0.15, -0.1) is 0 Å². The summed E-state index contributed by atoms with van der Waals surface area (Å²) in [6.07, 6.45) is 1.58. The molecular formula is C21H17FN4O3. The standard InChI is InChI=1S/C21H17FN4O3/c1-26-18-7-6-14(9-17(18)25-21(26)28)20(27)24-12-13-5-8-19(23-11-13)29-16-4-2-3-15(22)10-16/h2-11H,12H2,1H3,(H,24,27)(H,25,28). The van der Waals surface area contributed by atoms with Gasteiger partial charge in [-0.1, -0.05) is 12.1 Å². The summed E-state index contributed by atoms with van der Waals surface area (Å²) in [6, 6.07) is 14.2.